The summed E-state index contributed by atoms with van der Waals surface area (Å²) in [5, 5.41) is 4.96. The second kappa shape index (κ2) is 4.83. The molecule has 0 bridgehead atoms. The van der Waals surface area contributed by atoms with Crippen LogP contribution >= 0.6 is 22.9 Å². The Balaban J connectivity index is 1.96. The summed E-state index contributed by atoms with van der Waals surface area (Å²) in [5.74, 6) is 0. The van der Waals surface area contributed by atoms with E-state index in [1.165, 1.54) is 11.1 Å². The number of fused-ring (bicyclic) bond motifs is 1. The molecule has 1 N–H and O–H groups in total. The van der Waals surface area contributed by atoms with Crippen molar-refractivity contribution in [2.24, 2.45) is 0 Å². The molecule has 96 valence electrons. The van der Waals surface area contributed by atoms with Gasteiger partial charge in [0.05, 0.1) is 15.2 Å². The van der Waals surface area contributed by atoms with Gasteiger partial charge in [-0.2, -0.15) is 0 Å². The first-order valence-corrected chi connectivity index (χ1v) is 7.22. The van der Waals surface area contributed by atoms with Crippen LogP contribution in [-0.4, -0.2) is 4.98 Å². The minimum atomic E-state index is 0.753. The molecule has 0 amide bonds. The molecule has 1 aromatic heterocycles. The van der Waals surface area contributed by atoms with Crippen LogP contribution in [0.4, 0.5) is 10.8 Å². The van der Waals surface area contributed by atoms with Crippen LogP contribution < -0.4 is 5.32 Å². The predicted molar refractivity (Wildman–Crippen MR) is 83.8 cm³/mol. The molecule has 0 radical (unpaired) electrons. The van der Waals surface area contributed by atoms with E-state index in [4.69, 9.17) is 11.6 Å². The maximum absolute atomic E-state index is 6.16. The van der Waals surface area contributed by atoms with Crippen LogP contribution in [0.1, 0.15) is 11.1 Å². The van der Waals surface area contributed by atoms with Crippen molar-refractivity contribution in [3.05, 3.63) is 52.5 Å². The summed E-state index contributed by atoms with van der Waals surface area (Å²) < 4.78 is 1.02. The normalized spacial score (nSPS) is 10.9. The fraction of sp³-hybridized carbons (Fsp3) is 0.133. The van der Waals surface area contributed by atoms with Gasteiger partial charge in [-0.1, -0.05) is 35.1 Å². The third-order valence-corrected chi connectivity index (χ3v) is 4.57. The van der Waals surface area contributed by atoms with E-state index in [0.29, 0.717) is 0 Å². The standard InChI is InChI=1S/C15H13ClN2S/c1-9-6-7-11(8-10(9)2)17-15-18-13-5-3-4-12(16)14(13)19-15/h3-8H,1-2H3,(H,17,18). The Labute approximate surface area is 121 Å². The molecule has 0 fully saturated rings. The van der Waals surface area contributed by atoms with Gasteiger partial charge in [0.2, 0.25) is 0 Å². The summed E-state index contributed by atoms with van der Waals surface area (Å²) in [6, 6.07) is 12.1. The maximum Gasteiger partial charge on any atom is 0.188 e. The quantitative estimate of drug-likeness (QED) is 0.691. The number of benzene rings is 2. The van der Waals surface area contributed by atoms with Crippen molar-refractivity contribution < 1.29 is 0 Å². The van der Waals surface area contributed by atoms with Gasteiger partial charge < -0.3 is 5.32 Å². The Morgan fingerprint density at radius 3 is 2.68 bits per heavy atom. The first kappa shape index (κ1) is 12.5. The van der Waals surface area contributed by atoms with Crippen LogP contribution in [0.25, 0.3) is 10.2 Å². The van der Waals surface area contributed by atoms with Crippen LogP contribution in [-0.2, 0) is 0 Å². The average Bonchev–Trinajstić information content (AvgIpc) is 2.78. The second-order valence-corrected chi connectivity index (χ2v) is 5.94. The van der Waals surface area contributed by atoms with Gasteiger partial charge in [-0.3, -0.25) is 0 Å². The summed E-state index contributed by atoms with van der Waals surface area (Å²) in [6.07, 6.45) is 0. The molecular formula is C15H13ClN2S. The number of rotatable bonds is 2. The Hall–Kier alpha value is -1.58. The van der Waals surface area contributed by atoms with E-state index in [2.05, 4.69) is 42.3 Å². The summed E-state index contributed by atoms with van der Waals surface area (Å²) in [5.41, 5.74) is 4.55. The summed E-state index contributed by atoms with van der Waals surface area (Å²) in [4.78, 5) is 4.54. The first-order valence-electron chi connectivity index (χ1n) is 6.03. The number of nitrogens with one attached hydrogen (secondary N) is 1. The molecular weight excluding hydrogens is 276 g/mol. The monoisotopic (exact) mass is 288 g/mol. The highest BCUT2D eigenvalue weighted by molar-refractivity contribution is 7.22. The average molecular weight is 289 g/mol. The number of aromatic nitrogens is 1. The van der Waals surface area contributed by atoms with Gasteiger partial charge in [-0.15, -0.1) is 0 Å². The van der Waals surface area contributed by atoms with Crippen molar-refractivity contribution in [3.63, 3.8) is 0 Å². The minimum absolute atomic E-state index is 0.753. The van der Waals surface area contributed by atoms with E-state index in [-0.39, 0.29) is 0 Å². The molecule has 19 heavy (non-hydrogen) atoms. The molecule has 0 unspecified atom stereocenters. The number of hydrogen-bond donors (Lipinski definition) is 1. The van der Waals surface area contributed by atoms with Crippen LogP contribution in [0.2, 0.25) is 5.02 Å². The highest BCUT2D eigenvalue weighted by Gasteiger charge is 2.07. The molecule has 0 saturated carbocycles. The summed E-state index contributed by atoms with van der Waals surface area (Å²) >= 11 is 7.74. The minimum Gasteiger partial charge on any atom is -0.332 e. The first-order chi connectivity index (χ1) is 9.13. The Morgan fingerprint density at radius 1 is 1.11 bits per heavy atom. The van der Waals surface area contributed by atoms with E-state index >= 15 is 0 Å². The Bertz CT molecular complexity index is 749. The highest BCUT2D eigenvalue weighted by Crippen LogP contribution is 2.33. The van der Waals surface area contributed by atoms with Crippen molar-refractivity contribution in [3.8, 4) is 0 Å². The molecule has 2 nitrogen and oxygen atoms in total. The number of halogens is 1. The topological polar surface area (TPSA) is 24.9 Å². The lowest BCUT2D eigenvalue weighted by atomic mass is 10.1. The molecule has 0 aliphatic heterocycles. The van der Waals surface area contributed by atoms with E-state index in [9.17, 15) is 0 Å². The lowest BCUT2D eigenvalue weighted by Gasteiger charge is -2.05. The number of anilines is 2. The van der Waals surface area contributed by atoms with E-state index in [1.54, 1.807) is 11.3 Å². The molecule has 2 aromatic carbocycles. The van der Waals surface area contributed by atoms with Gasteiger partial charge in [0.25, 0.3) is 0 Å². The molecule has 0 aliphatic carbocycles. The van der Waals surface area contributed by atoms with Crippen molar-refractivity contribution in [1.82, 2.24) is 4.98 Å². The highest BCUT2D eigenvalue weighted by atomic mass is 35.5. The Morgan fingerprint density at radius 2 is 1.95 bits per heavy atom. The molecule has 1 heterocycles. The lowest BCUT2D eigenvalue weighted by Crippen LogP contribution is -1.90. The molecule has 4 heteroatoms. The third-order valence-electron chi connectivity index (χ3n) is 3.13. The van der Waals surface area contributed by atoms with Crippen LogP contribution in [0, 0.1) is 13.8 Å². The number of hydrogen-bond acceptors (Lipinski definition) is 3. The van der Waals surface area contributed by atoms with Crippen LogP contribution in [0.15, 0.2) is 36.4 Å². The maximum atomic E-state index is 6.16. The number of aryl methyl sites for hydroxylation is 2. The number of thiazole rings is 1. The van der Waals surface area contributed by atoms with Crippen LogP contribution in [0.5, 0.6) is 0 Å². The SMILES string of the molecule is Cc1ccc(Nc2nc3cccc(Cl)c3s2)cc1C. The third kappa shape index (κ3) is 2.44. The van der Waals surface area contributed by atoms with Crippen LogP contribution in [0.3, 0.4) is 0 Å². The molecule has 0 aliphatic rings. The van der Waals surface area contributed by atoms with Gasteiger partial charge in [-0.05, 0) is 49.2 Å². The van der Waals surface area contributed by atoms with E-state index in [0.717, 1.165) is 26.1 Å². The number of nitrogens with zero attached hydrogens (tertiary/aromatic N) is 1. The molecule has 0 spiro atoms. The largest absolute Gasteiger partial charge is 0.332 e. The summed E-state index contributed by atoms with van der Waals surface area (Å²) in [7, 11) is 0. The zero-order valence-electron chi connectivity index (χ0n) is 10.7. The van der Waals surface area contributed by atoms with Gasteiger partial charge in [-0.25, -0.2) is 4.98 Å². The van der Waals surface area contributed by atoms with E-state index < -0.39 is 0 Å². The van der Waals surface area contributed by atoms with Gasteiger partial charge >= 0.3 is 0 Å². The van der Waals surface area contributed by atoms with Crippen molar-refractivity contribution >= 4 is 44.0 Å². The van der Waals surface area contributed by atoms with Crippen molar-refractivity contribution in [1.29, 1.82) is 0 Å². The smallest absolute Gasteiger partial charge is 0.188 e. The van der Waals surface area contributed by atoms with Gasteiger partial charge in [0.15, 0.2) is 5.13 Å². The molecule has 0 saturated heterocycles. The fourth-order valence-corrected chi connectivity index (χ4v) is 3.09. The Kier molecular flexibility index (Phi) is 3.17. The zero-order valence-corrected chi connectivity index (χ0v) is 12.3. The lowest BCUT2D eigenvalue weighted by molar-refractivity contribution is 1.33. The molecule has 0 atom stereocenters. The zero-order chi connectivity index (χ0) is 13.4. The second-order valence-electron chi connectivity index (χ2n) is 4.53. The molecule has 3 aromatic rings. The van der Waals surface area contributed by atoms with Gasteiger partial charge in [0, 0.05) is 5.69 Å². The predicted octanol–water partition coefficient (Wildman–Crippen LogP) is 5.31. The van der Waals surface area contributed by atoms with Crippen molar-refractivity contribution in [2.75, 3.05) is 5.32 Å². The molecule has 3 rings (SSSR count). The van der Waals surface area contributed by atoms with Gasteiger partial charge in [0.1, 0.15) is 0 Å². The summed E-state index contributed by atoms with van der Waals surface area (Å²) in [6.45, 7) is 4.21. The fourth-order valence-electron chi connectivity index (χ4n) is 1.91. The van der Waals surface area contributed by atoms with Crippen molar-refractivity contribution in [2.45, 2.75) is 13.8 Å². The van der Waals surface area contributed by atoms with E-state index in [1.807, 2.05) is 18.2 Å².